The fourth-order valence-electron chi connectivity index (χ4n) is 3.15. The van der Waals surface area contributed by atoms with Crippen molar-refractivity contribution in [3.8, 4) is 11.5 Å². The van der Waals surface area contributed by atoms with Gasteiger partial charge in [0, 0.05) is 18.7 Å². The fraction of sp³-hybridized carbons (Fsp3) is 0.524. The van der Waals surface area contributed by atoms with E-state index < -0.39 is 54.0 Å². The van der Waals surface area contributed by atoms with Crippen molar-refractivity contribution in [2.75, 3.05) is 40.1 Å². The largest absolute Gasteiger partial charge is 0.573 e. The molecule has 1 atom stereocenters. The van der Waals surface area contributed by atoms with Crippen molar-refractivity contribution < 1.29 is 69.5 Å². The van der Waals surface area contributed by atoms with Crippen molar-refractivity contribution in [3.05, 3.63) is 38.9 Å². The minimum Gasteiger partial charge on any atom is -0.475 e. The Bertz CT molecular complexity index is 1080. The third-order valence-electron chi connectivity index (χ3n) is 4.87. The van der Waals surface area contributed by atoms with Crippen LogP contribution < -0.4 is 9.47 Å². The summed E-state index contributed by atoms with van der Waals surface area (Å²) in [6.45, 7) is 0.0506. The lowest BCUT2D eigenvalue weighted by Crippen LogP contribution is -2.41. The Kier molecular flexibility index (Phi) is 10.6. The second kappa shape index (κ2) is 13.2. The van der Waals surface area contributed by atoms with Gasteiger partial charge in [0.2, 0.25) is 12.9 Å². The van der Waals surface area contributed by atoms with Gasteiger partial charge < -0.3 is 33.4 Å². The van der Waals surface area contributed by atoms with Crippen molar-refractivity contribution in [3.63, 3.8) is 0 Å². The third-order valence-corrected chi connectivity index (χ3v) is 4.87. The van der Waals surface area contributed by atoms with Crippen LogP contribution in [-0.4, -0.2) is 80.9 Å². The molecular weight excluding hydrogens is 554 g/mol. The molecule has 0 spiro atoms. The maximum absolute atomic E-state index is 13.7. The Morgan fingerprint density at radius 2 is 1.74 bits per heavy atom. The van der Waals surface area contributed by atoms with Gasteiger partial charge in [-0.2, -0.15) is 13.2 Å². The predicted molar refractivity (Wildman–Crippen MR) is 115 cm³/mol. The van der Waals surface area contributed by atoms with Gasteiger partial charge in [-0.25, -0.2) is 9.59 Å². The molecule has 2 rings (SSSR count). The molecule has 0 amide bonds. The number of carbonyl (C=O) groups is 2. The molecule has 0 N–H and O–H groups in total. The molecule has 1 aromatic carbocycles. The van der Waals surface area contributed by atoms with Gasteiger partial charge in [0.05, 0.1) is 5.57 Å². The number of esters is 1. The molecule has 1 heterocycles. The predicted octanol–water partition coefficient (Wildman–Crippen LogP) is 3.65. The van der Waals surface area contributed by atoms with E-state index in [4.69, 9.17) is 4.74 Å². The first-order valence-electron chi connectivity index (χ1n) is 10.9. The zero-order valence-electron chi connectivity index (χ0n) is 20.3. The Hall–Kier alpha value is -3.96. The van der Waals surface area contributed by atoms with E-state index in [1.165, 1.54) is 18.9 Å². The molecule has 39 heavy (non-hydrogen) atoms. The van der Waals surface area contributed by atoms with Crippen molar-refractivity contribution in [2.45, 2.75) is 32.0 Å². The van der Waals surface area contributed by atoms with Crippen LogP contribution in [0.1, 0.15) is 18.1 Å². The Morgan fingerprint density at radius 1 is 1.08 bits per heavy atom. The normalized spacial score (nSPS) is 15.0. The lowest BCUT2D eigenvalue weighted by Gasteiger charge is -2.29. The molecule has 0 saturated heterocycles. The quantitative estimate of drug-likeness (QED) is 0.119. The van der Waals surface area contributed by atoms with E-state index in [1.807, 2.05) is 0 Å². The summed E-state index contributed by atoms with van der Waals surface area (Å²) in [7, 11) is 1.54. The summed E-state index contributed by atoms with van der Waals surface area (Å²) in [5.41, 5.74) is -1.45. The Morgan fingerprint density at radius 3 is 2.33 bits per heavy atom. The van der Waals surface area contributed by atoms with Crippen molar-refractivity contribution in [1.82, 2.24) is 4.90 Å². The van der Waals surface area contributed by atoms with E-state index in [1.54, 1.807) is 0 Å². The minimum atomic E-state index is -5.12. The highest BCUT2D eigenvalue weighted by Crippen LogP contribution is 2.42. The number of nitrogens with zero attached hydrogens (tertiary/aromatic N) is 2. The molecule has 1 aliphatic rings. The SMILES string of the molecule is CCc1cc(OC(F)(F)F)cc2c1OC(C(F)(F)F)C(C(=O)OCOC(=O)OCCN(C)CCO[N+](=O)[O-])=C2. The molecule has 218 valence electrons. The monoisotopic (exact) mass is 576 g/mol. The first-order valence-corrected chi connectivity index (χ1v) is 10.9. The van der Waals surface area contributed by atoms with Gasteiger partial charge in [0.25, 0.3) is 5.09 Å². The molecule has 0 saturated carbocycles. The van der Waals surface area contributed by atoms with Crippen LogP contribution in [0, 0.1) is 10.1 Å². The van der Waals surface area contributed by atoms with Gasteiger partial charge in [-0.1, -0.05) is 6.92 Å². The maximum Gasteiger partial charge on any atom is 0.573 e. The highest BCUT2D eigenvalue weighted by Gasteiger charge is 2.49. The van der Waals surface area contributed by atoms with Crippen LogP contribution in [0.2, 0.25) is 0 Å². The minimum absolute atomic E-state index is 0.0198. The van der Waals surface area contributed by atoms with E-state index in [0.29, 0.717) is 6.08 Å². The smallest absolute Gasteiger partial charge is 0.475 e. The number of hydrogen-bond acceptors (Lipinski definition) is 11. The third kappa shape index (κ3) is 10.0. The summed E-state index contributed by atoms with van der Waals surface area (Å²) < 4.78 is 101. The van der Waals surface area contributed by atoms with Gasteiger partial charge in [0.1, 0.15) is 24.7 Å². The number of benzene rings is 1. The van der Waals surface area contributed by atoms with Crippen LogP contribution in [0.4, 0.5) is 31.1 Å². The van der Waals surface area contributed by atoms with Gasteiger partial charge in [-0.3, -0.25) is 0 Å². The van der Waals surface area contributed by atoms with Crippen LogP contribution in [0.25, 0.3) is 6.08 Å². The van der Waals surface area contributed by atoms with Gasteiger partial charge in [-0.15, -0.1) is 23.3 Å². The molecule has 0 bridgehead atoms. The number of rotatable bonds is 12. The van der Waals surface area contributed by atoms with Gasteiger partial charge >= 0.3 is 24.7 Å². The summed E-state index contributed by atoms with van der Waals surface area (Å²) in [5, 5.41) is 9.10. The zero-order valence-corrected chi connectivity index (χ0v) is 20.3. The molecule has 0 aliphatic carbocycles. The number of likely N-dealkylation sites (N-methyl/N-ethyl adjacent to an activating group) is 1. The molecule has 0 radical (unpaired) electrons. The van der Waals surface area contributed by atoms with E-state index in [-0.39, 0.29) is 49.6 Å². The van der Waals surface area contributed by atoms with Crippen molar-refractivity contribution in [2.24, 2.45) is 0 Å². The topological polar surface area (TPSA) is 136 Å². The van der Waals surface area contributed by atoms with E-state index >= 15 is 0 Å². The Labute approximate surface area is 216 Å². The van der Waals surface area contributed by atoms with E-state index in [2.05, 4.69) is 23.8 Å². The summed E-state index contributed by atoms with van der Waals surface area (Å²) in [5.74, 6) is -2.75. The second-order valence-electron chi connectivity index (χ2n) is 7.69. The average Bonchev–Trinajstić information content (AvgIpc) is 2.80. The summed E-state index contributed by atoms with van der Waals surface area (Å²) >= 11 is 0. The molecule has 0 fully saturated rings. The Balaban J connectivity index is 2.03. The number of carbonyl (C=O) groups excluding carboxylic acids is 2. The summed E-state index contributed by atoms with van der Waals surface area (Å²) in [6.07, 6.45) is -13.7. The van der Waals surface area contributed by atoms with Gasteiger partial charge in [0.15, 0.2) is 0 Å². The molecule has 1 unspecified atom stereocenters. The van der Waals surface area contributed by atoms with Crippen molar-refractivity contribution in [1.29, 1.82) is 0 Å². The molecule has 12 nitrogen and oxygen atoms in total. The van der Waals surface area contributed by atoms with Crippen LogP contribution in [0.5, 0.6) is 11.5 Å². The fourth-order valence-corrected chi connectivity index (χ4v) is 3.15. The molecule has 18 heteroatoms. The lowest BCUT2D eigenvalue weighted by atomic mass is 9.97. The number of aryl methyl sites for hydroxylation is 1. The highest BCUT2D eigenvalue weighted by atomic mass is 19.4. The van der Waals surface area contributed by atoms with Gasteiger partial charge in [-0.05, 0) is 37.2 Å². The zero-order chi connectivity index (χ0) is 29.4. The average molecular weight is 576 g/mol. The number of hydrogen-bond donors (Lipinski definition) is 0. The number of ether oxygens (including phenoxy) is 5. The molecule has 0 aromatic heterocycles. The summed E-state index contributed by atoms with van der Waals surface area (Å²) in [4.78, 5) is 39.7. The van der Waals surface area contributed by atoms with E-state index in [0.717, 1.165) is 12.1 Å². The van der Waals surface area contributed by atoms with Crippen LogP contribution in [0.3, 0.4) is 0 Å². The second-order valence-corrected chi connectivity index (χ2v) is 7.69. The molecular formula is C21H22F6N2O10. The van der Waals surface area contributed by atoms with E-state index in [9.17, 15) is 46.0 Å². The number of fused-ring (bicyclic) bond motifs is 1. The molecule has 1 aromatic rings. The molecule has 1 aliphatic heterocycles. The number of alkyl halides is 6. The lowest BCUT2D eigenvalue weighted by molar-refractivity contribution is -0.757. The maximum atomic E-state index is 13.7. The first-order chi connectivity index (χ1) is 18.1. The van der Waals surface area contributed by atoms with Crippen LogP contribution >= 0.6 is 0 Å². The first kappa shape index (κ1) is 31.3. The standard InChI is InChI=1S/C21H22F6N2O10/c1-3-12-8-14(39-21(25,26)27)9-13-10-15(17(20(22,23)24)38-16(12)13)18(30)35-11-36-19(31)34-6-4-28(2)5-7-37-29(32)33/h8-10,17H,3-7,11H2,1-2H3. The van der Waals surface area contributed by atoms with Crippen molar-refractivity contribution >= 4 is 18.2 Å². The number of halogens is 6. The highest BCUT2D eigenvalue weighted by molar-refractivity contribution is 5.96. The van der Waals surface area contributed by atoms with Crippen LogP contribution in [-0.2, 0) is 30.3 Å². The van der Waals surface area contributed by atoms with Crippen LogP contribution in [0.15, 0.2) is 17.7 Å². The summed E-state index contributed by atoms with van der Waals surface area (Å²) in [6, 6.07) is 1.62.